The van der Waals surface area contributed by atoms with Crippen molar-refractivity contribution in [3.05, 3.63) is 54.5 Å². The Bertz CT molecular complexity index is 1280. The van der Waals surface area contributed by atoms with Crippen molar-refractivity contribution in [3.8, 4) is 5.75 Å². The molecule has 0 radical (unpaired) electrons. The van der Waals surface area contributed by atoms with Crippen LogP contribution < -0.4 is 14.5 Å². The molecule has 4 heterocycles. The average molecular weight is 545 g/mol. The van der Waals surface area contributed by atoms with Gasteiger partial charge in [-0.3, -0.25) is 4.90 Å². The van der Waals surface area contributed by atoms with Gasteiger partial charge in [-0.1, -0.05) is 0 Å². The first-order chi connectivity index (χ1) is 19.7. The van der Waals surface area contributed by atoms with E-state index in [9.17, 15) is 4.79 Å². The molecular formula is C31H40N6O3. The first kappa shape index (κ1) is 26.8. The molecule has 2 aromatic carbocycles. The number of anilines is 2. The molecule has 3 aliphatic rings. The molecule has 0 N–H and O–H groups in total. The van der Waals surface area contributed by atoms with E-state index >= 15 is 0 Å². The van der Waals surface area contributed by atoms with E-state index in [1.54, 1.807) is 13.4 Å². The summed E-state index contributed by atoms with van der Waals surface area (Å²) in [7, 11) is 1.76. The van der Waals surface area contributed by atoms with Crippen LogP contribution in [-0.4, -0.2) is 98.5 Å². The van der Waals surface area contributed by atoms with Crippen LogP contribution in [0.5, 0.6) is 5.75 Å². The van der Waals surface area contributed by atoms with Crippen molar-refractivity contribution in [2.75, 3.05) is 82.4 Å². The Balaban J connectivity index is 1.04. The number of rotatable bonds is 7. The van der Waals surface area contributed by atoms with E-state index in [0.29, 0.717) is 24.8 Å². The van der Waals surface area contributed by atoms with Crippen molar-refractivity contribution in [2.45, 2.75) is 31.6 Å². The molecule has 0 unspecified atom stereocenters. The Labute approximate surface area is 236 Å². The van der Waals surface area contributed by atoms with Gasteiger partial charge in [0.1, 0.15) is 12.1 Å². The van der Waals surface area contributed by atoms with Crippen molar-refractivity contribution in [1.29, 1.82) is 0 Å². The van der Waals surface area contributed by atoms with E-state index in [2.05, 4.69) is 50.0 Å². The minimum absolute atomic E-state index is 0.271. The summed E-state index contributed by atoms with van der Waals surface area (Å²) in [6.07, 6.45) is 5.63. The lowest BCUT2D eigenvalue weighted by atomic mass is 9.91. The summed E-state index contributed by atoms with van der Waals surface area (Å²) in [5.41, 5.74) is 4.49. The van der Waals surface area contributed by atoms with Gasteiger partial charge in [0.15, 0.2) is 0 Å². The van der Waals surface area contributed by atoms with E-state index in [1.807, 2.05) is 17.0 Å². The SMILES string of the molecule is COCCN1CCN(c2ccc3c(C4CCN(C(=O)Oc5ccc(N6CCCC6)cc5)CC4)ncnc3c2)CC1. The Hall–Kier alpha value is -3.43. The second-order valence-electron chi connectivity index (χ2n) is 11.1. The van der Waals surface area contributed by atoms with E-state index in [-0.39, 0.29) is 6.09 Å². The van der Waals surface area contributed by atoms with Crippen LogP contribution in [0, 0.1) is 0 Å². The number of carbonyl (C=O) groups is 1. The summed E-state index contributed by atoms with van der Waals surface area (Å²) in [5, 5.41) is 1.11. The highest BCUT2D eigenvalue weighted by Gasteiger charge is 2.27. The van der Waals surface area contributed by atoms with Gasteiger partial charge in [-0.15, -0.1) is 0 Å². The Kier molecular flexibility index (Phi) is 8.29. The van der Waals surface area contributed by atoms with E-state index in [1.165, 1.54) is 24.2 Å². The number of amides is 1. The topological polar surface area (TPSA) is 74.3 Å². The zero-order valence-corrected chi connectivity index (χ0v) is 23.5. The van der Waals surface area contributed by atoms with Gasteiger partial charge >= 0.3 is 6.09 Å². The fraction of sp³-hybridized carbons (Fsp3) is 0.516. The summed E-state index contributed by atoms with van der Waals surface area (Å²) in [4.78, 5) is 31.3. The molecule has 1 aromatic heterocycles. The highest BCUT2D eigenvalue weighted by molar-refractivity contribution is 5.84. The first-order valence-corrected chi connectivity index (χ1v) is 14.7. The van der Waals surface area contributed by atoms with Gasteiger partial charge in [0.25, 0.3) is 0 Å². The molecule has 9 nitrogen and oxygen atoms in total. The second kappa shape index (κ2) is 12.4. The molecular weight excluding hydrogens is 504 g/mol. The van der Waals surface area contributed by atoms with Crippen LogP contribution in [-0.2, 0) is 4.74 Å². The molecule has 0 atom stereocenters. The fourth-order valence-electron chi connectivity index (χ4n) is 6.24. The first-order valence-electron chi connectivity index (χ1n) is 14.7. The number of carbonyl (C=O) groups excluding carboxylic acids is 1. The molecule has 0 spiro atoms. The normalized spacial score (nSPS) is 19.0. The highest BCUT2D eigenvalue weighted by Crippen LogP contribution is 2.33. The Morgan fingerprint density at radius 2 is 1.55 bits per heavy atom. The molecule has 3 saturated heterocycles. The van der Waals surface area contributed by atoms with Crippen LogP contribution in [0.2, 0.25) is 0 Å². The number of hydrogen-bond acceptors (Lipinski definition) is 8. The van der Waals surface area contributed by atoms with Gasteiger partial charge in [-0.2, -0.15) is 0 Å². The van der Waals surface area contributed by atoms with E-state index < -0.39 is 0 Å². The van der Waals surface area contributed by atoms with Crippen molar-refractivity contribution in [2.24, 2.45) is 0 Å². The quantitative estimate of drug-likeness (QED) is 0.434. The summed E-state index contributed by atoms with van der Waals surface area (Å²) >= 11 is 0. The van der Waals surface area contributed by atoms with Crippen LogP contribution in [0.25, 0.3) is 10.9 Å². The number of aromatic nitrogens is 2. The van der Waals surface area contributed by atoms with Gasteiger partial charge < -0.3 is 24.2 Å². The van der Waals surface area contributed by atoms with Gasteiger partial charge in [-0.05, 0) is 68.1 Å². The summed E-state index contributed by atoms with van der Waals surface area (Å²) in [5.74, 6) is 0.897. The number of nitrogens with zero attached hydrogens (tertiary/aromatic N) is 6. The minimum Gasteiger partial charge on any atom is -0.410 e. The van der Waals surface area contributed by atoms with Gasteiger partial charge in [0.2, 0.25) is 0 Å². The molecule has 40 heavy (non-hydrogen) atoms. The van der Waals surface area contributed by atoms with Gasteiger partial charge in [0, 0.05) is 88.7 Å². The average Bonchev–Trinajstić information content (AvgIpc) is 3.55. The highest BCUT2D eigenvalue weighted by atomic mass is 16.6. The third-order valence-electron chi connectivity index (χ3n) is 8.65. The number of piperidine rings is 1. The largest absolute Gasteiger partial charge is 0.415 e. The van der Waals surface area contributed by atoms with Crippen molar-refractivity contribution >= 4 is 28.4 Å². The molecule has 0 saturated carbocycles. The summed E-state index contributed by atoms with van der Waals surface area (Å²) < 4.78 is 10.9. The number of likely N-dealkylation sites (tertiary alicyclic amines) is 1. The maximum atomic E-state index is 12.9. The molecule has 212 valence electrons. The number of piperazine rings is 1. The van der Waals surface area contributed by atoms with E-state index in [4.69, 9.17) is 14.5 Å². The maximum Gasteiger partial charge on any atom is 0.415 e. The zero-order chi connectivity index (χ0) is 27.3. The lowest BCUT2D eigenvalue weighted by molar-refractivity contribution is 0.138. The summed E-state index contributed by atoms with van der Waals surface area (Å²) in [6.45, 7) is 9.38. The maximum absolute atomic E-state index is 12.9. The number of hydrogen-bond donors (Lipinski definition) is 0. The Morgan fingerprint density at radius 1 is 0.850 bits per heavy atom. The smallest absolute Gasteiger partial charge is 0.410 e. The van der Waals surface area contributed by atoms with Crippen LogP contribution in [0.1, 0.15) is 37.3 Å². The van der Waals surface area contributed by atoms with E-state index in [0.717, 1.165) is 81.9 Å². The third kappa shape index (κ3) is 6.00. The van der Waals surface area contributed by atoms with Crippen molar-refractivity contribution in [3.63, 3.8) is 0 Å². The van der Waals surface area contributed by atoms with Gasteiger partial charge in [0.05, 0.1) is 17.8 Å². The molecule has 9 heteroatoms. The lowest BCUT2D eigenvalue weighted by Crippen LogP contribution is -2.47. The predicted molar refractivity (Wildman–Crippen MR) is 158 cm³/mol. The molecule has 0 aliphatic carbocycles. The van der Waals surface area contributed by atoms with Crippen LogP contribution in [0.15, 0.2) is 48.8 Å². The van der Waals surface area contributed by atoms with Crippen LogP contribution >= 0.6 is 0 Å². The summed E-state index contributed by atoms with van der Waals surface area (Å²) in [6, 6.07) is 14.5. The number of methoxy groups -OCH3 is 1. The molecule has 3 aromatic rings. The standard InChI is InChI=1S/C31H40N6O3/c1-39-21-20-34-16-18-36(19-17-34)26-6-9-28-29(22-26)32-23-33-30(28)24-10-14-37(15-11-24)31(38)40-27-7-4-25(5-8-27)35-12-2-3-13-35/h4-9,22-24H,2-3,10-21H2,1H3. The monoisotopic (exact) mass is 544 g/mol. The van der Waals surface area contributed by atoms with Crippen LogP contribution in [0.3, 0.4) is 0 Å². The lowest BCUT2D eigenvalue weighted by Gasteiger charge is -2.36. The van der Waals surface area contributed by atoms with Crippen LogP contribution in [0.4, 0.5) is 16.2 Å². The molecule has 1 amide bonds. The van der Waals surface area contributed by atoms with Crippen molar-refractivity contribution < 1.29 is 14.3 Å². The molecule has 3 aliphatic heterocycles. The number of benzene rings is 2. The number of ether oxygens (including phenoxy) is 2. The molecule has 3 fully saturated rings. The Morgan fingerprint density at radius 3 is 2.27 bits per heavy atom. The predicted octanol–water partition coefficient (Wildman–Crippen LogP) is 4.38. The van der Waals surface area contributed by atoms with Gasteiger partial charge in [-0.25, -0.2) is 14.8 Å². The minimum atomic E-state index is -0.271. The fourth-order valence-corrected chi connectivity index (χ4v) is 6.24. The second-order valence-corrected chi connectivity index (χ2v) is 11.1. The zero-order valence-electron chi connectivity index (χ0n) is 23.5. The molecule has 6 rings (SSSR count). The van der Waals surface area contributed by atoms with Crippen molar-refractivity contribution in [1.82, 2.24) is 19.8 Å². The number of fused-ring (bicyclic) bond motifs is 1. The third-order valence-corrected chi connectivity index (χ3v) is 8.65. The molecule has 0 bridgehead atoms.